The van der Waals surface area contributed by atoms with Crippen molar-refractivity contribution in [3.05, 3.63) is 53.1 Å². The zero-order valence-electron chi connectivity index (χ0n) is 14.1. The number of methoxy groups -OCH3 is 2. The molecule has 1 aliphatic heterocycles. The first kappa shape index (κ1) is 15.4. The SMILES string of the molecule is COc1cc2c(cc1OC)C(c1ccc(N(C)C)cc1)=NCC2. The molecule has 1 heterocycles. The van der Waals surface area contributed by atoms with Crippen molar-refractivity contribution in [2.45, 2.75) is 6.42 Å². The van der Waals surface area contributed by atoms with Crippen molar-refractivity contribution in [3.63, 3.8) is 0 Å². The van der Waals surface area contributed by atoms with Gasteiger partial charge in [-0.05, 0) is 36.2 Å². The fourth-order valence-corrected chi connectivity index (χ4v) is 2.89. The predicted octanol–water partition coefficient (Wildman–Crippen LogP) is 3.16. The average Bonchev–Trinajstić information content (AvgIpc) is 2.60. The molecule has 0 saturated carbocycles. The number of hydrogen-bond donors (Lipinski definition) is 0. The maximum Gasteiger partial charge on any atom is 0.161 e. The lowest BCUT2D eigenvalue weighted by molar-refractivity contribution is 0.354. The Morgan fingerprint density at radius 2 is 1.61 bits per heavy atom. The zero-order valence-corrected chi connectivity index (χ0v) is 14.1. The highest BCUT2D eigenvalue weighted by Gasteiger charge is 2.19. The standard InChI is InChI=1S/C19H22N2O2/c1-21(2)15-7-5-13(6-8-15)19-16-12-18(23-4)17(22-3)11-14(16)9-10-20-19/h5-8,11-12H,9-10H2,1-4H3. The summed E-state index contributed by atoms with van der Waals surface area (Å²) in [6.07, 6.45) is 0.926. The lowest BCUT2D eigenvalue weighted by atomic mass is 9.92. The molecule has 3 rings (SSSR count). The van der Waals surface area contributed by atoms with Gasteiger partial charge in [0.1, 0.15) is 0 Å². The quantitative estimate of drug-likeness (QED) is 0.870. The van der Waals surface area contributed by atoms with E-state index in [0.717, 1.165) is 41.3 Å². The van der Waals surface area contributed by atoms with Gasteiger partial charge in [-0.25, -0.2) is 0 Å². The smallest absolute Gasteiger partial charge is 0.161 e. The molecule has 1 aliphatic rings. The molecular formula is C19H22N2O2. The topological polar surface area (TPSA) is 34.1 Å². The second-order valence-corrected chi connectivity index (χ2v) is 5.79. The minimum atomic E-state index is 0.741. The molecule has 0 spiro atoms. The van der Waals surface area contributed by atoms with Gasteiger partial charge in [0.15, 0.2) is 11.5 Å². The molecule has 0 amide bonds. The Hall–Kier alpha value is -2.49. The van der Waals surface area contributed by atoms with Crippen LogP contribution in [-0.4, -0.2) is 40.6 Å². The molecule has 2 aromatic carbocycles. The van der Waals surface area contributed by atoms with Gasteiger partial charge >= 0.3 is 0 Å². The maximum absolute atomic E-state index is 5.45. The number of hydrogen-bond acceptors (Lipinski definition) is 4. The molecule has 0 fully saturated rings. The molecule has 2 aromatic rings. The van der Waals surface area contributed by atoms with Crippen LogP contribution in [-0.2, 0) is 6.42 Å². The first-order chi connectivity index (χ1) is 11.1. The number of nitrogens with zero attached hydrogens (tertiary/aromatic N) is 2. The van der Waals surface area contributed by atoms with E-state index in [9.17, 15) is 0 Å². The number of anilines is 1. The molecule has 0 atom stereocenters. The monoisotopic (exact) mass is 310 g/mol. The summed E-state index contributed by atoms with van der Waals surface area (Å²) in [4.78, 5) is 6.84. The molecule has 120 valence electrons. The highest BCUT2D eigenvalue weighted by Crippen LogP contribution is 2.33. The normalized spacial score (nSPS) is 13.1. The molecule has 23 heavy (non-hydrogen) atoms. The summed E-state index contributed by atoms with van der Waals surface area (Å²) in [6.45, 7) is 0.799. The van der Waals surface area contributed by atoms with Crippen molar-refractivity contribution in [2.75, 3.05) is 39.8 Å². The lowest BCUT2D eigenvalue weighted by Gasteiger charge is -2.20. The number of rotatable bonds is 4. The average molecular weight is 310 g/mol. The van der Waals surface area contributed by atoms with Crippen LogP contribution in [0, 0.1) is 0 Å². The summed E-state index contributed by atoms with van der Waals surface area (Å²) < 4.78 is 10.9. The van der Waals surface area contributed by atoms with Gasteiger partial charge < -0.3 is 14.4 Å². The van der Waals surface area contributed by atoms with Crippen LogP contribution in [0.5, 0.6) is 11.5 Å². The molecule has 0 radical (unpaired) electrons. The van der Waals surface area contributed by atoms with Crippen LogP contribution < -0.4 is 14.4 Å². The van der Waals surface area contributed by atoms with Gasteiger partial charge in [-0.3, -0.25) is 4.99 Å². The van der Waals surface area contributed by atoms with Crippen LogP contribution in [0.3, 0.4) is 0 Å². The van der Waals surface area contributed by atoms with E-state index < -0.39 is 0 Å². The lowest BCUT2D eigenvalue weighted by Crippen LogP contribution is -2.15. The van der Waals surface area contributed by atoms with Gasteiger partial charge in [0.2, 0.25) is 0 Å². The Balaban J connectivity index is 2.04. The highest BCUT2D eigenvalue weighted by atomic mass is 16.5. The fourth-order valence-electron chi connectivity index (χ4n) is 2.89. The van der Waals surface area contributed by atoms with Crippen LogP contribution in [0.15, 0.2) is 41.4 Å². The molecule has 4 nitrogen and oxygen atoms in total. The van der Waals surface area contributed by atoms with Crippen LogP contribution in [0.25, 0.3) is 0 Å². The minimum absolute atomic E-state index is 0.741. The van der Waals surface area contributed by atoms with Crippen molar-refractivity contribution in [1.82, 2.24) is 0 Å². The molecule has 0 aliphatic carbocycles. The van der Waals surface area contributed by atoms with Crippen molar-refractivity contribution in [2.24, 2.45) is 4.99 Å². The number of ether oxygens (including phenoxy) is 2. The van der Waals surface area contributed by atoms with Crippen LogP contribution >= 0.6 is 0 Å². The van der Waals surface area contributed by atoms with E-state index in [2.05, 4.69) is 35.2 Å². The third kappa shape index (κ3) is 2.89. The van der Waals surface area contributed by atoms with E-state index in [0.29, 0.717) is 0 Å². The second-order valence-electron chi connectivity index (χ2n) is 5.79. The van der Waals surface area contributed by atoms with Crippen LogP contribution in [0.4, 0.5) is 5.69 Å². The maximum atomic E-state index is 5.45. The summed E-state index contributed by atoms with van der Waals surface area (Å²) in [6, 6.07) is 12.6. The van der Waals surface area contributed by atoms with Gasteiger partial charge in [0, 0.05) is 37.5 Å². The molecule has 0 aromatic heterocycles. The Morgan fingerprint density at radius 3 is 2.22 bits per heavy atom. The van der Waals surface area contributed by atoms with Crippen molar-refractivity contribution in [1.29, 1.82) is 0 Å². The number of fused-ring (bicyclic) bond motifs is 1. The number of benzene rings is 2. The van der Waals surface area contributed by atoms with Gasteiger partial charge in [-0.1, -0.05) is 12.1 Å². The van der Waals surface area contributed by atoms with E-state index in [1.54, 1.807) is 14.2 Å². The third-order valence-corrected chi connectivity index (χ3v) is 4.17. The third-order valence-electron chi connectivity index (χ3n) is 4.17. The van der Waals surface area contributed by atoms with Crippen LogP contribution in [0.1, 0.15) is 16.7 Å². The fraction of sp³-hybridized carbons (Fsp3) is 0.316. The Bertz CT molecular complexity index is 734. The first-order valence-corrected chi connectivity index (χ1v) is 7.71. The molecule has 0 N–H and O–H groups in total. The Labute approximate surface area is 137 Å². The van der Waals surface area contributed by atoms with E-state index >= 15 is 0 Å². The van der Waals surface area contributed by atoms with E-state index in [1.807, 2.05) is 20.2 Å². The molecule has 0 saturated heterocycles. The largest absolute Gasteiger partial charge is 0.493 e. The van der Waals surface area contributed by atoms with Gasteiger partial charge in [0.05, 0.1) is 19.9 Å². The number of aliphatic imine (C=N–C) groups is 1. The van der Waals surface area contributed by atoms with Gasteiger partial charge in [-0.15, -0.1) is 0 Å². The van der Waals surface area contributed by atoms with Crippen molar-refractivity contribution in [3.8, 4) is 11.5 Å². The molecule has 0 unspecified atom stereocenters. The Morgan fingerprint density at radius 1 is 0.957 bits per heavy atom. The van der Waals surface area contributed by atoms with E-state index in [1.165, 1.54) is 11.3 Å². The zero-order chi connectivity index (χ0) is 16.4. The van der Waals surface area contributed by atoms with Gasteiger partial charge in [-0.2, -0.15) is 0 Å². The van der Waals surface area contributed by atoms with Crippen molar-refractivity contribution >= 4 is 11.4 Å². The molecule has 0 bridgehead atoms. The summed E-state index contributed by atoms with van der Waals surface area (Å²) in [5.74, 6) is 1.52. The highest BCUT2D eigenvalue weighted by molar-refractivity contribution is 6.14. The van der Waals surface area contributed by atoms with E-state index in [4.69, 9.17) is 14.5 Å². The summed E-state index contributed by atoms with van der Waals surface area (Å²) in [5.41, 5.74) is 5.72. The second kappa shape index (κ2) is 6.32. The summed E-state index contributed by atoms with van der Waals surface area (Å²) >= 11 is 0. The molecular weight excluding hydrogens is 288 g/mol. The van der Waals surface area contributed by atoms with E-state index in [-0.39, 0.29) is 0 Å². The first-order valence-electron chi connectivity index (χ1n) is 7.71. The summed E-state index contributed by atoms with van der Waals surface area (Å²) in [5, 5.41) is 0. The summed E-state index contributed by atoms with van der Waals surface area (Å²) in [7, 11) is 7.41. The molecule has 4 heteroatoms. The minimum Gasteiger partial charge on any atom is -0.493 e. The van der Waals surface area contributed by atoms with Crippen molar-refractivity contribution < 1.29 is 9.47 Å². The predicted molar refractivity (Wildman–Crippen MR) is 94.5 cm³/mol. The van der Waals surface area contributed by atoms with Crippen LogP contribution in [0.2, 0.25) is 0 Å². The Kier molecular flexibility index (Phi) is 4.24. The van der Waals surface area contributed by atoms with Gasteiger partial charge in [0.25, 0.3) is 0 Å².